The van der Waals surface area contributed by atoms with Crippen LogP contribution in [0, 0.1) is 10.1 Å². The topological polar surface area (TPSA) is 150 Å². The van der Waals surface area contributed by atoms with Crippen LogP contribution in [0.4, 0.5) is 0 Å². The van der Waals surface area contributed by atoms with Gasteiger partial charge in [0.2, 0.25) is 6.10 Å². The van der Waals surface area contributed by atoms with Gasteiger partial charge in [0.05, 0.1) is 6.61 Å². The molecule has 0 saturated heterocycles. The quantitative estimate of drug-likeness (QED) is 0.226. The standard InChI is InChI=1S/C10H11NO8/c12-5-8(14)10(16,11(17)18)19-9(15)6-3-1-2-4-7(6)13/h1-4,8,12-14,16H,5H2. The third-order valence-corrected chi connectivity index (χ3v) is 2.24. The number of hydrogen-bond acceptors (Lipinski definition) is 8. The fraction of sp³-hybridized carbons (Fsp3) is 0.300. The number of rotatable bonds is 5. The average molecular weight is 273 g/mol. The Balaban J connectivity index is 3.02. The van der Waals surface area contributed by atoms with Gasteiger partial charge in [-0.15, -0.1) is 0 Å². The Bertz CT molecular complexity index is 490. The average Bonchev–Trinajstić information content (AvgIpc) is 2.37. The van der Waals surface area contributed by atoms with Crippen LogP contribution >= 0.6 is 0 Å². The van der Waals surface area contributed by atoms with E-state index in [9.17, 15) is 25.1 Å². The van der Waals surface area contributed by atoms with Crippen LogP contribution in [-0.2, 0) is 4.74 Å². The lowest BCUT2D eigenvalue weighted by Gasteiger charge is -2.22. The fourth-order valence-corrected chi connectivity index (χ4v) is 1.18. The predicted octanol–water partition coefficient (Wildman–Crippen LogP) is -1.18. The Morgan fingerprint density at radius 1 is 1.47 bits per heavy atom. The monoisotopic (exact) mass is 273 g/mol. The number of hydrogen-bond donors (Lipinski definition) is 4. The highest BCUT2D eigenvalue weighted by Crippen LogP contribution is 2.21. The minimum Gasteiger partial charge on any atom is -0.507 e. The molecule has 9 heteroatoms. The third-order valence-electron chi connectivity index (χ3n) is 2.24. The molecule has 0 fully saturated rings. The maximum Gasteiger partial charge on any atom is 0.512 e. The lowest BCUT2D eigenvalue weighted by atomic mass is 10.2. The minimum absolute atomic E-state index is 0.437. The lowest BCUT2D eigenvalue weighted by Crippen LogP contribution is -2.54. The van der Waals surface area contributed by atoms with Gasteiger partial charge < -0.3 is 20.1 Å². The summed E-state index contributed by atoms with van der Waals surface area (Å²) >= 11 is 0. The molecule has 1 aromatic rings. The van der Waals surface area contributed by atoms with Crippen LogP contribution < -0.4 is 0 Å². The zero-order valence-electron chi connectivity index (χ0n) is 9.46. The number of carbonyl (C=O) groups is 1. The first kappa shape index (κ1) is 14.8. The minimum atomic E-state index is -3.51. The molecule has 0 amide bonds. The molecule has 2 atom stereocenters. The van der Waals surface area contributed by atoms with Crippen molar-refractivity contribution in [2.45, 2.75) is 12.0 Å². The molecule has 0 bridgehead atoms. The molecule has 19 heavy (non-hydrogen) atoms. The molecule has 1 rings (SSSR count). The van der Waals surface area contributed by atoms with Crippen LogP contribution in [-0.4, -0.2) is 49.9 Å². The second-order valence-electron chi connectivity index (χ2n) is 3.52. The fourth-order valence-electron chi connectivity index (χ4n) is 1.18. The number of carbonyl (C=O) groups excluding carboxylic acids is 1. The molecule has 9 nitrogen and oxygen atoms in total. The summed E-state index contributed by atoms with van der Waals surface area (Å²) in [5.74, 6) is -5.45. The van der Waals surface area contributed by atoms with Crippen molar-refractivity contribution < 1.29 is 34.9 Å². The van der Waals surface area contributed by atoms with Gasteiger partial charge in [0, 0.05) is 0 Å². The zero-order chi connectivity index (χ0) is 14.6. The number of phenolic OH excluding ortho intramolecular Hbond substituents is 1. The van der Waals surface area contributed by atoms with Crippen LogP contribution in [0.15, 0.2) is 24.3 Å². The van der Waals surface area contributed by atoms with Crippen molar-refractivity contribution in [2.75, 3.05) is 6.61 Å². The molecule has 0 aromatic heterocycles. The number of aliphatic hydroxyl groups is 3. The number of esters is 1. The van der Waals surface area contributed by atoms with E-state index in [1.54, 1.807) is 0 Å². The number of phenols is 1. The van der Waals surface area contributed by atoms with E-state index in [4.69, 9.17) is 10.2 Å². The molecule has 0 radical (unpaired) electrons. The van der Waals surface area contributed by atoms with E-state index in [1.165, 1.54) is 12.1 Å². The van der Waals surface area contributed by atoms with E-state index < -0.39 is 40.8 Å². The van der Waals surface area contributed by atoms with Gasteiger partial charge in [0.15, 0.2) is 0 Å². The Labute approximate surface area is 106 Å². The highest BCUT2D eigenvalue weighted by Gasteiger charge is 2.53. The maximum absolute atomic E-state index is 11.6. The number of aliphatic hydroxyl groups excluding tert-OH is 2. The molecule has 2 unspecified atom stereocenters. The molecule has 0 aliphatic rings. The summed E-state index contributed by atoms with van der Waals surface area (Å²) in [5, 5.41) is 47.1. The van der Waals surface area contributed by atoms with Crippen LogP contribution in [0.1, 0.15) is 10.4 Å². The zero-order valence-corrected chi connectivity index (χ0v) is 9.46. The summed E-state index contributed by atoms with van der Waals surface area (Å²) in [6.07, 6.45) is -2.34. The van der Waals surface area contributed by atoms with E-state index in [0.717, 1.165) is 12.1 Å². The molecule has 104 valence electrons. The molecule has 1 aromatic carbocycles. The lowest BCUT2D eigenvalue weighted by molar-refractivity contribution is -0.692. The SMILES string of the molecule is O=C(OC(O)(C(O)CO)[N+](=O)[O-])c1ccccc1O. The Morgan fingerprint density at radius 3 is 2.53 bits per heavy atom. The summed E-state index contributed by atoms with van der Waals surface area (Å²) in [6.45, 7) is -1.20. The number of para-hydroxylation sites is 1. The smallest absolute Gasteiger partial charge is 0.507 e. The molecular formula is C10H11NO8. The molecule has 0 saturated carbocycles. The van der Waals surface area contributed by atoms with Crippen molar-refractivity contribution in [2.24, 2.45) is 0 Å². The molecule has 4 N–H and O–H groups in total. The van der Waals surface area contributed by atoms with E-state index in [-0.39, 0.29) is 0 Å². The highest BCUT2D eigenvalue weighted by atomic mass is 16.8. The first-order valence-electron chi connectivity index (χ1n) is 5.00. The highest BCUT2D eigenvalue weighted by molar-refractivity contribution is 5.92. The molecule has 0 spiro atoms. The van der Waals surface area contributed by atoms with Gasteiger partial charge in [-0.3, -0.25) is 15.2 Å². The second kappa shape index (κ2) is 5.61. The number of benzene rings is 1. The number of aromatic hydroxyl groups is 1. The second-order valence-corrected chi connectivity index (χ2v) is 3.52. The Morgan fingerprint density at radius 2 is 2.05 bits per heavy atom. The van der Waals surface area contributed by atoms with Crippen LogP contribution in [0.5, 0.6) is 5.75 Å². The molecule has 0 heterocycles. The summed E-state index contributed by atoms with van der Waals surface area (Å²) in [7, 11) is 0. The van der Waals surface area contributed by atoms with Gasteiger partial charge >= 0.3 is 11.9 Å². The first-order chi connectivity index (χ1) is 8.82. The predicted molar refractivity (Wildman–Crippen MR) is 58.6 cm³/mol. The van der Waals surface area contributed by atoms with Gasteiger partial charge in [0.1, 0.15) is 16.2 Å². The number of ether oxygens (including phenoxy) is 1. The van der Waals surface area contributed by atoms with Crippen LogP contribution in [0.2, 0.25) is 0 Å². The summed E-state index contributed by atoms with van der Waals surface area (Å²) in [4.78, 5) is 20.7. The van der Waals surface area contributed by atoms with Gasteiger partial charge in [-0.2, -0.15) is 0 Å². The van der Waals surface area contributed by atoms with Crippen molar-refractivity contribution in [3.05, 3.63) is 39.9 Å². The Hall–Kier alpha value is -2.23. The number of nitrogens with zero attached hydrogens (tertiary/aromatic N) is 1. The van der Waals surface area contributed by atoms with Crippen molar-refractivity contribution in [1.82, 2.24) is 0 Å². The maximum atomic E-state index is 11.6. The van der Waals surface area contributed by atoms with Crippen LogP contribution in [0.25, 0.3) is 0 Å². The van der Waals surface area contributed by atoms with Gasteiger partial charge in [-0.05, 0) is 12.1 Å². The summed E-state index contributed by atoms with van der Waals surface area (Å²) in [6, 6.07) is 4.98. The van der Waals surface area contributed by atoms with E-state index >= 15 is 0 Å². The molecule has 0 aliphatic heterocycles. The van der Waals surface area contributed by atoms with Gasteiger partial charge in [0.25, 0.3) is 0 Å². The van der Waals surface area contributed by atoms with Crippen molar-refractivity contribution >= 4 is 5.97 Å². The summed E-state index contributed by atoms with van der Waals surface area (Å²) in [5.41, 5.74) is -0.437. The summed E-state index contributed by atoms with van der Waals surface area (Å²) < 4.78 is 4.17. The molecule has 0 aliphatic carbocycles. The van der Waals surface area contributed by atoms with Crippen LogP contribution in [0.3, 0.4) is 0 Å². The van der Waals surface area contributed by atoms with Crippen molar-refractivity contribution in [3.63, 3.8) is 0 Å². The third kappa shape index (κ3) is 2.96. The van der Waals surface area contributed by atoms with Crippen molar-refractivity contribution in [1.29, 1.82) is 0 Å². The van der Waals surface area contributed by atoms with E-state index in [1.807, 2.05) is 0 Å². The molecular weight excluding hydrogens is 262 g/mol. The van der Waals surface area contributed by atoms with E-state index in [0.29, 0.717) is 0 Å². The Kier molecular flexibility index (Phi) is 4.38. The normalized spacial score (nSPS) is 15.3. The first-order valence-corrected chi connectivity index (χ1v) is 5.00. The van der Waals surface area contributed by atoms with E-state index in [2.05, 4.69) is 4.74 Å². The van der Waals surface area contributed by atoms with Gasteiger partial charge in [-0.25, -0.2) is 4.79 Å². The number of nitro groups is 1. The van der Waals surface area contributed by atoms with Gasteiger partial charge in [-0.1, -0.05) is 12.1 Å². The largest absolute Gasteiger partial charge is 0.512 e. The van der Waals surface area contributed by atoms with Crippen molar-refractivity contribution in [3.8, 4) is 5.75 Å².